The maximum atomic E-state index is 14.5. The van der Waals surface area contributed by atoms with Gasteiger partial charge in [0.25, 0.3) is 0 Å². The summed E-state index contributed by atoms with van der Waals surface area (Å²) in [6.45, 7) is 1.76. The number of nitrogens with zero attached hydrogens (tertiary/aromatic N) is 2. The van der Waals surface area contributed by atoms with Crippen LogP contribution in [0.5, 0.6) is 5.75 Å². The summed E-state index contributed by atoms with van der Waals surface area (Å²) >= 11 is 0. The number of benzene rings is 4. The number of amides is 12. The Morgan fingerprint density at radius 2 is 1.02 bits per heavy atom. The lowest BCUT2D eigenvalue weighted by Crippen LogP contribution is -2.61. The fourth-order valence-electron chi connectivity index (χ4n) is 10.1. The molecular formula is C64H85N17O14. The molecule has 95 heavy (non-hydrogen) atoms. The van der Waals surface area contributed by atoms with Crippen molar-refractivity contribution in [3.8, 4) is 5.75 Å². The van der Waals surface area contributed by atoms with Crippen molar-refractivity contribution in [3.05, 3.63) is 138 Å². The van der Waals surface area contributed by atoms with Gasteiger partial charge in [-0.1, -0.05) is 105 Å². The maximum absolute atomic E-state index is 14.5. The second kappa shape index (κ2) is 36.9. The summed E-state index contributed by atoms with van der Waals surface area (Å²) in [4.78, 5) is 172. The molecule has 0 aliphatic carbocycles. The molecule has 0 aliphatic rings. The summed E-state index contributed by atoms with van der Waals surface area (Å²) in [7, 11) is 1.35. The first-order chi connectivity index (χ1) is 45.1. The molecule has 31 nitrogen and oxygen atoms in total. The molecule has 5 aromatic rings. The number of aliphatic imine (C=N–C) groups is 1. The van der Waals surface area contributed by atoms with Crippen molar-refractivity contribution in [2.45, 2.75) is 126 Å². The minimum atomic E-state index is -1.91. The van der Waals surface area contributed by atoms with Gasteiger partial charge in [0.15, 0.2) is 5.96 Å². The van der Waals surface area contributed by atoms with Crippen LogP contribution in [0.25, 0.3) is 10.9 Å². The zero-order chi connectivity index (χ0) is 69.9. The van der Waals surface area contributed by atoms with Crippen LogP contribution in [0.15, 0.2) is 120 Å². The molecule has 0 spiro atoms. The van der Waals surface area contributed by atoms with E-state index < -0.39 is 151 Å². The molecule has 12 amide bonds. The van der Waals surface area contributed by atoms with E-state index in [4.69, 9.17) is 34.4 Å². The molecule has 0 unspecified atom stereocenters. The van der Waals surface area contributed by atoms with Crippen molar-refractivity contribution in [1.29, 1.82) is 0 Å². The van der Waals surface area contributed by atoms with E-state index in [0.717, 1.165) is 4.90 Å². The number of carbonyl (C=O) groups is 12. The van der Waals surface area contributed by atoms with Crippen LogP contribution < -0.4 is 76.9 Å². The number of guanidine groups is 1. The summed E-state index contributed by atoms with van der Waals surface area (Å²) in [5.74, 6) is -12.2. The van der Waals surface area contributed by atoms with Crippen LogP contribution in [0.2, 0.25) is 0 Å². The van der Waals surface area contributed by atoms with Crippen molar-refractivity contribution < 1.29 is 67.7 Å². The number of hydrogen-bond acceptors (Lipinski definition) is 16. The monoisotopic (exact) mass is 1320 g/mol. The number of primary amides is 3. The van der Waals surface area contributed by atoms with E-state index >= 15 is 0 Å². The van der Waals surface area contributed by atoms with Gasteiger partial charge in [-0.05, 0) is 72.1 Å². The zero-order valence-electron chi connectivity index (χ0n) is 52.9. The van der Waals surface area contributed by atoms with Crippen LogP contribution >= 0.6 is 0 Å². The second-order valence-electron chi connectivity index (χ2n) is 23.1. The van der Waals surface area contributed by atoms with Crippen LogP contribution in [0.4, 0.5) is 0 Å². The smallest absolute Gasteiger partial charge is 0.245 e. The largest absolute Gasteiger partial charge is 0.508 e. The summed E-state index contributed by atoms with van der Waals surface area (Å²) in [5, 5.41) is 40.6. The first kappa shape index (κ1) is 74.8. The molecule has 23 N–H and O–H groups in total. The quantitative estimate of drug-likeness (QED) is 0.0102. The number of para-hydroxylation sites is 1. The predicted molar refractivity (Wildman–Crippen MR) is 348 cm³/mol. The van der Waals surface area contributed by atoms with E-state index in [1.807, 2.05) is 0 Å². The SMILES string of the molecule is CC(C)C[C@H](NC(=O)CNC(=O)[C@H](Cc1ccccc1)NC(=O)[C@H](CO)NC(=O)[C@H](CC(N)=O)NC(=O)[C@H](Cc1c[nH]c2ccccc12)NC(=O)[C@H](CC(N)=O)NC(=O)[C@H](N)Cc1ccc(O)cc1)C(=O)N(C)[C@@H](CCCN=C(N)N)C(=O)N[C@@H](Cc1ccccc1)C(N)=O. The Bertz CT molecular complexity index is 3510. The van der Waals surface area contributed by atoms with Crippen LogP contribution in [0.3, 0.4) is 0 Å². The average molecular weight is 1320 g/mol. The van der Waals surface area contributed by atoms with E-state index in [2.05, 4.69) is 52.5 Å². The Labute approximate surface area is 547 Å². The van der Waals surface area contributed by atoms with Gasteiger partial charge in [-0.25, -0.2) is 0 Å². The first-order valence-corrected chi connectivity index (χ1v) is 30.5. The highest BCUT2D eigenvalue weighted by atomic mass is 16.3. The van der Waals surface area contributed by atoms with Crippen molar-refractivity contribution >= 4 is 87.7 Å². The van der Waals surface area contributed by atoms with Gasteiger partial charge in [0.1, 0.15) is 54.1 Å². The predicted octanol–water partition coefficient (Wildman–Crippen LogP) is -3.86. The number of aromatic nitrogens is 1. The summed E-state index contributed by atoms with van der Waals surface area (Å²) in [5.41, 5.74) is 36.8. The Kier molecular flexibility index (Phi) is 29.1. The van der Waals surface area contributed by atoms with Crippen LogP contribution in [0.1, 0.15) is 68.2 Å². The molecule has 9 atom stereocenters. The Balaban J connectivity index is 1.32. The van der Waals surface area contributed by atoms with E-state index in [9.17, 15) is 67.7 Å². The van der Waals surface area contributed by atoms with Crippen molar-refractivity contribution in [2.75, 3.05) is 26.7 Å². The van der Waals surface area contributed by atoms with E-state index in [-0.39, 0.29) is 69.1 Å². The standard InChI is InChI=1S/C64H85N17O14/c1-35(2)25-49(63(95)81(3)51(19-12-24-71-64(69)70)62(94)75-44(55(68)87)27-36-13-6-4-7-14-36)74-54(86)33-73-57(89)45(28-37-15-8-5-9-16-37)77-61(93)50(34-82)80-60(92)48(31-53(67)85)79-58(90)46(29-39-32-72-43-18-11-10-17-41(39)43)78-59(91)47(30-52(66)84)76-56(88)42(65)26-38-20-22-40(83)23-21-38/h4-11,13-18,20-23,32,35,42,44-51,72,82-83H,12,19,24-31,33-34,65H2,1-3H3,(H2,66,84)(H2,67,85)(H2,68,87)(H,73,89)(H,74,86)(H,75,94)(H,76,88)(H,77,93)(H,78,91)(H,79,90)(H,80,92)(H4,69,70,71)/t42-,44+,45+,46+,47+,48+,49+,50+,51+/m1/s1. The van der Waals surface area contributed by atoms with E-state index in [0.29, 0.717) is 33.2 Å². The van der Waals surface area contributed by atoms with Gasteiger partial charge in [0.2, 0.25) is 70.9 Å². The van der Waals surface area contributed by atoms with Crippen molar-refractivity contribution in [3.63, 3.8) is 0 Å². The molecule has 1 heterocycles. The first-order valence-electron chi connectivity index (χ1n) is 30.5. The number of carbonyl (C=O) groups excluding carboxylic acids is 12. The lowest BCUT2D eigenvalue weighted by molar-refractivity contribution is -0.143. The number of nitrogens with two attached hydrogens (primary N) is 6. The van der Waals surface area contributed by atoms with Gasteiger partial charge in [-0.15, -0.1) is 0 Å². The van der Waals surface area contributed by atoms with E-state index in [1.54, 1.807) is 105 Å². The molecule has 31 heteroatoms. The third-order valence-corrected chi connectivity index (χ3v) is 15.0. The van der Waals surface area contributed by atoms with E-state index in [1.165, 1.54) is 31.3 Å². The number of aromatic hydroxyl groups is 1. The molecule has 5 rings (SSSR count). The number of likely N-dealkylation sites (N-methyl/N-ethyl adjacent to an activating group) is 1. The topological polar surface area (TPSA) is 529 Å². The molecule has 510 valence electrons. The third kappa shape index (κ3) is 24.6. The number of phenols is 1. The lowest BCUT2D eigenvalue weighted by atomic mass is 10.00. The minimum absolute atomic E-state index is 0.00387. The molecule has 0 fully saturated rings. The van der Waals surface area contributed by atoms with Crippen molar-refractivity contribution in [1.82, 2.24) is 52.4 Å². The number of fused-ring (bicyclic) bond motifs is 1. The molecular weight excluding hydrogens is 1230 g/mol. The molecule has 0 bridgehead atoms. The molecule has 0 saturated heterocycles. The number of hydrogen-bond donors (Lipinski definition) is 17. The van der Waals surface area contributed by atoms with Gasteiger partial charge < -0.3 is 97.0 Å². The molecule has 4 aromatic carbocycles. The fourth-order valence-corrected chi connectivity index (χ4v) is 10.1. The highest BCUT2D eigenvalue weighted by Crippen LogP contribution is 2.21. The lowest BCUT2D eigenvalue weighted by Gasteiger charge is -2.32. The van der Waals surface area contributed by atoms with Gasteiger partial charge >= 0.3 is 0 Å². The van der Waals surface area contributed by atoms with Crippen LogP contribution in [-0.4, -0.2) is 178 Å². The van der Waals surface area contributed by atoms with Gasteiger partial charge in [-0.3, -0.25) is 62.5 Å². The molecule has 1 aromatic heterocycles. The van der Waals surface area contributed by atoms with Gasteiger partial charge in [0.05, 0.1) is 32.0 Å². The maximum Gasteiger partial charge on any atom is 0.245 e. The number of aliphatic hydroxyl groups excluding tert-OH is 1. The fraction of sp³-hybridized carbons (Fsp3) is 0.391. The van der Waals surface area contributed by atoms with Crippen molar-refractivity contribution in [2.24, 2.45) is 45.3 Å². The molecule has 0 aliphatic heterocycles. The number of aromatic amines is 1. The number of H-pyrrole nitrogens is 1. The summed E-state index contributed by atoms with van der Waals surface area (Å²) in [6.07, 6.45) is -0.404. The summed E-state index contributed by atoms with van der Waals surface area (Å²) in [6, 6.07) is 16.1. The number of aliphatic hydroxyl groups is 1. The highest BCUT2D eigenvalue weighted by molar-refractivity contribution is 6.00. The number of rotatable bonds is 38. The highest BCUT2D eigenvalue weighted by Gasteiger charge is 2.37. The second-order valence-corrected chi connectivity index (χ2v) is 23.1. The summed E-state index contributed by atoms with van der Waals surface area (Å²) < 4.78 is 0. The molecule has 0 saturated carbocycles. The van der Waals surface area contributed by atoms with Crippen LogP contribution in [-0.2, 0) is 83.2 Å². The third-order valence-electron chi connectivity index (χ3n) is 15.0. The van der Waals surface area contributed by atoms with Gasteiger partial charge in [-0.2, -0.15) is 0 Å². The zero-order valence-corrected chi connectivity index (χ0v) is 52.9. The number of nitrogens with one attached hydrogen (secondary N) is 9. The Morgan fingerprint density at radius 1 is 0.537 bits per heavy atom. The average Bonchev–Trinajstić information content (AvgIpc) is 1.76. The Morgan fingerprint density at radius 3 is 1.57 bits per heavy atom. The minimum Gasteiger partial charge on any atom is -0.508 e. The van der Waals surface area contributed by atoms with Crippen LogP contribution in [0, 0.1) is 5.92 Å². The van der Waals surface area contributed by atoms with Gasteiger partial charge in [0, 0.05) is 50.0 Å². The normalized spacial score (nSPS) is 13.9. The Hall–Kier alpha value is -11.0. The molecule has 0 radical (unpaired) electrons. The number of phenolic OH excluding ortho intramolecular Hbond substituents is 1.